The summed E-state index contributed by atoms with van der Waals surface area (Å²) < 4.78 is 28.0. The van der Waals surface area contributed by atoms with Crippen molar-refractivity contribution in [3.63, 3.8) is 0 Å². The van der Waals surface area contributed by atoms with E-state index in [4.69, 9.17) is 57.6 Å². The van der Waals surface area contributed by atoms with Gasteiger partial charge in [0.2, 0.25) is 0 Å². The Morgan fingerprint density at radius 3 is 1.33 bits per heavy atom. The largest absolute Gasteiger partial charge is 0.370 e. The van der Waals surface area contributed by atoms with Crippen LogP contribution in [0.4, 0.5) is 20.2 Å². The molecule has 0 bridgehead atoms. The topological polar surface area (TPSA) is 346 Å². The number of hydrogen-bond donors (Lipinski definition) is 12. The molecular formula is C43H48Cl2F2N16O4. The predicted molar refractivity (Wildman–Crippen MR) is 252 cm³/mol. The van der Waals surface area contributed by atoms with Gasteiger partial charge in [-0.2, -0.15) is 0 Å². The van der Waals surface area contributed by atoms with Gasteiger partial charge in [-0.3, -0.25) is 19.2 Å². The van der Waals surface area contributed by atoms with Crippen LogP contribution in [0.15, 0.2) is 92.8 Å². The maximum atomic E-state index is 14.0. The normalized spacial score (nSPS) is 17.3. The molecule has 0 spiro atoms. The highest BCUT2D eigenvalue weighted by Crippen LogP contribution is 2.38. The maximum Gasteiger partial charge on any atom is 0.313 e. The van der Waals surface area contributed by atoms with Crippen LogP contribution >= 0.6 is 23.2 Å². The Morgan fingerprint density at radius 2 is 0.955 bits per heavy atom. The standard InChI is InChI=1S/C43H48Cl2F2N16O4/c44-30-7-3-26(13-32(30)46)60-36(64)38(66)62-34-24(11-22-9-20(1-5-28(22)34)15-54-40(48)49)17-56-42(52)58-19-59-43(53)57-18-25-12-23-10-21(16-55-41(50)51)2-6-29(23)35(25)63-39(67)37(65)61-27-4-8-31(45)33(47)14-27/h1-10,13-14,24-25,34-35H,11-12,15-19H2,(H,60,64)(H,61,65)(H,62,66)(H,63,67)(H4,48,49,54)(H4,50,51,55)(H3,52,56,58)(H3,53,57,59)/t24-,25?,34-,35-/m1/s1. The summed E-state index contributed by atoms with van der Waals surface area (Å²) in [5, 5.41) is 16.2. The van der Waals surface area contributed by atoms with E-state index in [1.165, 1.54) is 24.3 Å². The summed E-state index contributed by atoms with van der Waals surface area (Å²) in [6.07, 6.45) is 0.929. The van der Waals surface area contributed by atoms with Gasteiger partial charge in [0.25, 0.3) is 0 Å². The number of amides is 4. The lowest BCUT2D eigenvalue weighted by Crippen LogP contribution is -2.43. The Bertz CT molecular complexity index is 2500. The zero-order valence-electron chi connectivity index (χ0n) is 35.6. The molecule has 0 saturated heterocycles. The number of carbonyl (C=O) groups is 4. The molecule has 2 aliphatic rings. The number of hydrogen-bond acceptors (Lipinski definition) is 8. The Hall–Kier alpha value is -7.72. The van der Waals surface area contributed by atoms with Crippen LogP contribution < -0.4 is 66.3 Å². The molecule has 0 aliphatic heterocycles. The number of rotatable bonds is 14. The molecule has 0 saturated carbocycles. The first-order valence-corrected chi connectivity index (χ1v) is 21.2. The molecule has 67 heavy (non-hydrogen) atoms. The van der Waals surface area contributed by atoms with Gasteiger partial charge in [-0.25, -0.2) is 28.8 Å². The minimum atomic E-state index is -1.01. The van der Waals surface area contributed by atoms with Crippen molar-refractivity contribution in [3.8, 4) is 0 Å². The lowest BCUT2D eigenvalue weighted by Gasteiger charge is -2.22. The summed E-state index contributed by atoms with van der Waals surface area (Å²) in [4.78, 5) is 68.8. The van der Waals surface area contributed by atoms with Crippen LogP contribution in [0.1, 0.15) is 45.5 Å². The lowest BCUT2D eigenvalue weighted by molar-refractivity contribution is -0.136. The number of nitrogens with one attached hydrogen (secondary N) is 6. The zero-order chi connectivity index (χ0) is 48.4. The number of fused-ring (bicyclic) bond motifs is 2. The molecule has 4 atom stereocenters. The number of anilines is 2. The minimum absolute atomic E-state index is 0.0127. The van der Waals surface area contributed by atoms with Crippen LogP contribution in [0, 0.1) is 23.5 Å². The smallest absolute Gasteiger partial charge is 0.313 e. The molecular weight excluding hydrogens is 913 g/mol. The third-order valence-electron chi connectivity index (χ3n) is 10.8. The van der Waals surface area contributed by atoms with Crippen LogP contribution in [-0.4, -0.2) is 67.2 Å². The van der Waals surface area contributed by atoms with Crippen molar-refractivity contribution in [1.82, 2.24) is 21.3 Å². The van der Waals surface area contributed by atoms with Gasteiger partial charge in [0.1, 0.15) is 18.3 Å². The minimum Gasteiger partial charge on any atom is -0.370 e. The first kappa shape index (κ1) is 48.7. The van der Waals surface area contributed by atoms with Gasteiger partial charge in [-0.15, -0.1) is 0 Å². The van der Waals surface area contributed by atoms with E-state index in [2.05, 4.69) is 51.9 Å². The van der Waals surface area contributed by atoms with Crippen LogP contribution in [0.25, 0.3) is 0 Å². The van der Waals surface area contributed by atoms with Gasteiger partial charge in [0.05, 0.1) is 35.2 Å². The molecule has 4 aromatic rings. The van der Waals surface area contributed by atoms with Gasteiger partial charge >= 0.3 is 23.6 Å². The number of carbonyl (C=O) groups excluding carboxylic acids is 4. The van der Waals surface area contributed by atoms with Crippen molar-refractivity contribution in [2.75, 3.05) is 30.4 Å². The number of nitrogens with zero attached hydrogens (tertiary/aromatic N) is 4. The van der Waals surface area contributed by atoms with E-state index in [1.807, 2.05) is 36.4 Å². The van der Waals surface area contributed by atoms with Gasteiger partial charge in [0.15, 0.2) is 23.8 Å². The highest BCUT2D eigenvalue weighted by Gasteiger charge is 2.36. The van der Waals surface area contributed by atoms with Crippen molar-refractivity contribution < 1.29 is 28.0 Å². The molecule has 20 nitrogen and oxygen atoms in total. The molecule has 352 valence electrons. The quantitative estimate of drug-likeness (QED) is 0.0482. The highest BCUT2D eigenvalue weighted by atomic mass is 35.5. The first-order valence-electron chi connectivity index (χ1n) is 20.5. The molecule has 0 heterocycles. The van der Waals surface area contributed by atoms with E-state index in [0.717, 1.165) is 45.5 Å². The number of aliphatic imine (C=N–C) groups is 4. The molecule has 0 fully saturated rings. The Kier molecular flexibility index (Phi) is 16.0. The maximum absolute atomic E-state index is 14.0. The molecule has 0 radical (unpaired) electrons. The Labute approximate surface area is 392 Å². The second kappa shape index (κ2) is 22.0. The highest BCUT2D eigenvalue weighted by molar-refractivity contribution is 6.40. The van der Waals surface area contributed by atoms with Crippen LogP contribution in [0.2, 0.25) is 10.0 Å². The molecule has 0 aromatic heterocycles. The van der Waals surface area contributed by atoms with Gasteiger partial charge < -0.3 is 66.3 Å². The Balaban J connectivity index is 1.08. The van der Waals surface area contributed by atoms with Crippen molar-refractivity contribution in [2.45, 2.75) is 38.0 Å². The van der Waals surface area contributed by atoms with Gasteiger partial charge in [-0.1, -0.05) is 59.6 Å². The fraction of sp³-hybridized carbons (Fsp3) is 0.256. The number of guanidine groups is 4. The summed E-state index contributed by atoms with van der Waals surface area (Å²) in [5.74, 6) is -6.22. The predicted octanol–water partition coefficient (Wildman–Crippen LogP) is 1.22. The Morgan fingerprint density at radius 1 is 0.552 bits per heavy atom. The number of nitrogens with two attached hydrogens (primary N) is 6. The van der Waals surface area contributed by atoms with Crippen molar-refractivity contribution in [3.05, 3.63) is 128 Å². The zero-order valence-corrected chi connectivity index (χ0v) is 37.1. The van der Waals surface area contributed by atoms with Gasteiger partial charge in [0, 0.05) is 36.3 Å². The third-order valence-corrected chi connectivity index (χ3v) is 11.4. The summed E-state index contributed by atoms with van der Waals surface area (Å²) >= 11 is 11.5. The molecule has 18 N–H and O–H groups in total. The average Bonchev–Trinajstić information content (AvgIpc) is 3.81. The molecule has 4 aromatic carbocycles. The van der Waals surface area contributed by atoms with Gasteiger partial charge in [-0.05, 0) is 82.6 Å². The van der Waals surface area contributed by atoms with Crippen molar-refractivity contribution in [2.24, 2.45) is 66.2 Å². The number of benzene rings is 4. The van der Waals surface area contributed by atoms with Crippen LogP contribution in [0.5, 0.6) is 0 Å². The molecule has 1 unspecified atom stereocenters. The summed E-state index contributed by atoms with van der Waals surface area (Å²) in [6, 6.07) is 17.0. The van der Waals surface area contributed by atoms with E-state index in [1.54, 1.807) is 0 Å². The second-order valence-electron chi connectivity index (χ2n) is 15.5. The van der Waals surface area contributed by atoms with E-state index >= 15 is 0 Å². The third kappa shape index (κ3) is 13.2. The van der Waals surface area contributed by atoms with Crippen molar-refractivity contribution >= 4 is 82.0 Å². The average molecular weight is 962 g/mol. The number of halogens is 4. The van der Waals surface area contributed by atoms with Crippen molar-refractivity contribution in [1.29, 1.82) is 0 Å². The van der Waals surface area contributed by atoms with E-state index < -0.39 is 47.3 Å². The van der Waals surface area contributed by atoms with Crippen LogP contribution in [0.3, 0.4) is 0 Å². The summed E-state index contributed by atoms with van der Waals surface area (Å²) in [6.45, 7) is 0.689. The SMILES string of the molecule is NC(N)=NCc1ccc2c(c1)CC(CNC(N)=NCN=C(N)NC[C@H]1Cc3cc(CN=C(N)N)ccc3[C@@H]1NC(=O)C(=O)Nc1ccc(Cl)c(F)c1)[C@H]2NC(=O)C(=O)Nc1ccc(Cl)c(F)c1. The first-order chi connectivity index (χ1) is 31.9. The summed E-state index contributed by atoms with van der Waals surface area (Å²) in [5.41, 5.74) is 39.5. The molecule has 2 aliphatic carbocycles. The fourth-order valence-corrected chi connectivity index (χ4v) is 7.86. The second-order valence-corrected chi connectivity index (χ2v) is 16.3. The molecule has 6 rings (SSSR count). The van der Waals surface area contributed by atoms with E-state index in [-0.39, 0.29) is 89.9 Å². The van der Waals surface area contributed by atoms with E-state index in [0.29, 0.717) is 12.8 Å². The monoisotopic (exact) mass is 960 g/mol. The molecule has 24 heteroatoms. The van der Waals surface area contributed by atoms with Crippen LogP contribution in [-0.2, 0) is 45.1 Å². The lowest BCUT2D eigenvalue weighted by atomic mass is 10.00. The summed E-state index contributed by atoms with van der Waals surface area (Å²) in [7, 11) is 0. The van der Waals surface area contributed by atoms with E-state index in [9.17, 15) is 28.0 Å². The fourth-order valence-electron chi connectivity index (χ4n) is 7.63. The molecule has 4 amide bonds.